The van der Waals surface area contributed by atoms with Gasteiger partial charge in [0.15, 0.2) is 5.96 Å². The van der Waals surface area contributed by atoms with Crippen molar-refractivity contribution >= 4 is 36.0 Å². The topological polar surface area (TPSA) is 69.2 Å². The SMILES string of the molecule is CCNC(=NCCN1CCCCC1C)N1CCC(NC(=O)OC(C)(C)C)C1.I. The molecule has 0 aliphatic carbocycles. The minimum Gasteiger partial charge on any atom is -0.444 e. The molecule has 2 atom stereocenters. The number of halogens is 1. The maximum Gasteiger partial charge on any atom is 0.407 e. The van der Waals surface area contributed by atoms with Gasteiger partial charge >= 0.3 is 6.09 Å². The van der Waals surface area contributed by atoms with Gasteiger partial charge in [0.1, 0.15) is 5.60 Å². The lowest BCUT2D eigenvalue weighted by Gasteiger charge is -2.33. The molecule has 2 heterocycles. The van der Waals surface area contributed by atoms with Crippen molar-refractivity contribution in [1.82, 2.24) is 20.4 Å². The van der Waals surface area contributed by atoms with Crippen molar-refractivity contribution in [2.24, 2.45) is 4.99 Å². The van der Waals surface area contributed by atoms with Gasteiger partial charge in [0.05, 0.1) is 12.6 Å². The number of likely N-dealkylation sites (tertiary alicyclic amines) is 2. The molecule has 8 heteroatoms. The van der Waals surface area contributed by atoms with E-state index in [1.807, 2.05) is 20.8 Å². The molecule has 2 unspecified atom stereocenters. The van der Waals surface area contributed by atoms with E-state index in [2.05, 4.69) is 34.3 Å². The lowest BCUT2D eigenvalue weighted by atomic mass is 10.0. The maximum atomic E-state index is 12.0. The second-order valence-corrected chi connectivity index (χ2v) is 8.69. The number of carbonyl (C=O) groups is 1. The third-order valence-electron chi connectivity index (χ3n) is 5.13. The standard InChI is InChI=1S/C20H39N5O2.HI/c1-6-21-18(22-11-14-24-12-8-7-9-16(24)2)25-13-10-17(15-25)23-19(26)27-20(3,4)5;/h16-17H,6-15H2,1-5H3,(H,21,22)(H,23,26);1H. The Kier molecular flexibility index (Phi) is 10.9. The van der Waals surface area contributed by atoms with Crippen molar-refractivity contribution < 1.29 is 9.53 Å². The molecular formula is C20H40IN5O2. The van der Waals surface area contributed by atoms with Crippen molar-refractivity contribution in [2.45, 2.75) is 78.0 Å². The molecule has 0 bridgehead atoms. The Hall–Kier alpha value is -0.770. The van der Waals surface area contributed by atoms with Crippen LogP contribution in [0.1, 0.15) is 60.3 Å². The molecule has 0 saturated carbocycles. The number of amides is 1. The van der Waals surface area contributed by atoms with Crippen molar-refractivity contribution in [3.63, 3.8) is 0 Å². The molecule has 0 aromatic rings. The fraction of sp³-hybridized carbons (Fsp3) is 0.900. The number of hydrogen-bond donors (Lipinski definition) is 2. The number of alkyl carbamates (subject to hydrolysis) is 1. The zero-order chi connectivity index (χ0) is 19.9. The summed E-state index contributed by atoms with van der Waals surface area (Å²) in [6, 6.07) is 0.775. The van der Waals surface area contributed by atoms with Gasteiger partial charge in [-0.05, 0) is 60.4 Å². The van der Waals surface area contributed by atoms with Crippen LogP contribution < -0.4 is 10.6 Å². The Bertz CT molecular complexity index is 509. The van der Waals surface area contributed by atoms with Gasteiger partial charge in [-0.2, -0.15) is 0 Å². The van der Waals surface area contributed by atoms with Crippen LogP contribution in [-0.4, -0.2) is 78.8 Å². The Morgan fingerprint density at radius 3 is 2.61 bits per heavy atom. The minimum absolute atomic E-state index is 0. The van der Waals surface area contributed by atoms with Gasteiger partial charge in [0, 0.05) is 32.2 Å². The summed E-state index contributed by atoms with van der Waals surface area (Å²) >= 11 is 0. The summed E-state index contributed by atoms with van der Waals surface area (Å²) in [6.45, 7) is 15.6. The molecule has 7 nitrogen and oxygen atoms in total. The third-order valence-corrected chi connectivity index (χ3v) is 5.13. The van der Waals surface area contributed by atoms with E-state index in [0.29, 0.717) is 6.04 Å². The first-order valence-electron chi connectivity index (χ1n) is 10.6. The summed E-state index contributed by atoms with van der Waals surface area (Å²) in [5.41, 5.74) is -0.468. The van der Waals surface area contributed by atoms with E-state index in [1.54, 1.807) is 0 Å². The van der Waals surface area contributed by atoms with E-state index in [-0.39, 0.29) is 36.1 Å². The van der Waals surface area contributed by atoms with Gasteiger partial charge in [-0.1, -0.05) is 6.42 Å². The van der Waals surface area contributed by atoms with E-state index in [9.17, 15) is 4.79 Å². The van der Waals surface area contributed by atoms with Crippen LogP contribution in [0.25, 0.3) is 0 Å². The van der Waals surface area contributed by atoms with Crippen LogP contribution in [0.5, 0.6) is 0 Å². The fourth-order valence-electron chi connectivity index (χ4n) is 3.74. The first-order valence-corrected chi connectivity index (χ1v) is 10.6. The van der Waals surface area contributed by atoms with Gasteiger partial charge in [-0.3, -0.25) is 9.89 Å². The zero-order valence-corrected chi connectivity index (χ0v) is 20.6. The van der Waals surface area contributed by atoms with Crippen molar-refractivity contribution in [3.8, 4) is 0 Å². The molecule has 1 amide bonds. The Balaban J connectivity index is 0.00000392. The van der Waals surface area contributed by atoms with Crippen LogP contribution in [0.3, 0.4) is 0 Å². The summed E-state index contributed by atoms with van der Waals surface area (Å²) in [6.07, 6.45) is 4.53. The van der Waals surface area contributed by atoms with Gasteiger partial charge in [0.25, 0.3) is 0 Å². The fourth-order valence-corrected chi connectivity index (χ4v) is 3.74. The number of aliphatic imine (C=N–C) groups is 1. The molecule has 28 heavy (non-hydrogen) atoms. The zero-order valence-electron chi connectivity index (χ0n) is 18.3. The molecule has 0 radical (unpaired) electrons. The van der Waals surface area contributed by atoms with E-state index < -0.39 is 5.60 Å². The highest BCUT2D eigenvalue weighted by atomic mass is 127. The second kappa shape index (κ2) is 12.0. The lowest BCUT2D eigenvalue weighted by molar-refractivity contribution is 0.0507. The highest BCUT2D eigenvalue weighted by Crippen LogP contribution is 2.16. The summed E-state index contributed by atoms with van der Waals surface area (Å²) in [4.78, 5) is 21.6. The van der Waals surface area contributed by atoms with Crippen LogP contribution in [0.4, 0.5) is 4.79 Å². The van der Waals surface area contributed by atoms with E-state index in [1.165, 1.54) is 25.8 Å². The smallest absolute Gasteiger partial charge is 0.407 e. The van der Waals surface area contributed by atoms with Crippen LogP contribution in [0, 0.1) is 0 Å². The Morgan fingerprint density at radius 1 is 1.21 bits per heavy atom. The monoisotopic (exact) mass is 509 g/mol. The molecule has 2 aliphatic heterocycles. The predicted molar refractivity (Wildman–Crippen MR) is 126 cm³/mol. The van der Waals surface area contributed by atoms with Gasteiger partial charge in [0.2, 0.25) is 0 Å². The molecule has 0 aromatic carbocycles. The molecule has 2 N–H and O–H groups in total. The molecule has 2 aliphatic rings. The average molecular weight is 509 g/mol. The van der Waals surface area contributed by atoms with Gasteiger partial charge in [-0.15, -0.1) is 24.0 Å². The normalized spacial score (nSPS) is 23.9. The Morgan fingerprint density at radius 2 is 1.96 bits per heavy atom. The highest BCUT2D eigenvalue weighted by Gasteiger charge is 2.28. The van der Waals surface area contributed by atoms with Crippen LogP contribution in [0.2, 0.25) is 0 Å². The number of hydrogen-bond acceptors (Lipinski definition) is 4. The third kappa shape index (κ3) is 8.71. The van der Waals surface area contributed by atoms with E-state index in [0.717, 1.165) is 45.1 Å². The van der Waals surface area contributed by atoms with Crippen LogP contribution >= 0.6 is 24.0 Å². The summed E-state index contributed by atoms with van der Waals surface area (Å²) in [7, 11) is 0. The number of carbonyl (C=O) groups excluding carboxylic acids is 1. The van der Waals surface area contributed by atoms with Crippen LogP contribution in [-0.2, 0) is 4.74 Å². The van der Waals surface area contributed by atoms with Crippen LogP contribution in [0.15, 0.2) is 4.99 Å². The molecule has 0 spiro atoms. The van der Waals surface area contributed by atoms with Crippen molar-refractivity contribution in [3.05, 3.63) is 0 Å². The molecule has 2 fully saturated rings. The maximum absolute atomic E-state index is 12.0. The number of nitrogens with one attached hydrogen (secondary N) is 2. The van der Waals surface area contributed by atoms with Crippen molar-refractivity contribution in [1.29, 1.82) is 0 Å². The minimum atomic E-state index is -0.468. The Labute approximate surface area is 188 Å². The summed E-state index contributed by atoms with van der Waals surface area (Å²) < 4.78 is 5.37. The number of rotatable bonds is 5. The van der Waals surface area contributed by atoms with Crippen molar-refractivity contribution in [2.75, 3.05) is 39.3 Å². The molecule has 0 aromatic heterocycles. The largest absolute Gasteiger partial charge is 0.444 e. The van der Waals surface area contributed by atoms with Gasteiger partial charge in [-0.25, -0.2) is 4.79 Å². The van der Waals surface area contributed by atoms with Gasteiger partial charge < -0.3 is 20.3 Å². The number of ether oxygens (including phenoxy) is 1. The first-order chi connectivity index (χ1) is 12.8. The molecule has 2 saturated heterocycles. The number of guanidine groups is 1. The summed E-state index contributed by atoms with van der Waals surface area (Å²) in [5, 5.41) is 6.38. The molecule has 2 rings (SSSR count). The lowest BCUT2D eigenvalue weighted by Crippen LogP contribution is -2.44. The summed E-state index contributed by atoms with van der Waals surface area (Å²) in [5.74, 6) is 0.954. The highest BCUT2D eigenvalue weighted by molar-refractivity contribution is 14.0. The number of piperidine rings is 1. The second-order valence-electron chi connectivity index (χ2n) is 8.69. The first kappa shape index (κ1) is 25.3. The average Bonchev–Trinajstić information content (AvgIpc) is 3.02. The predicted octanol–water partition coefficient (Wildman–Crippen LogP) is 3.04. The molecule has 164 valence electrons. The number of nitrogens with zero attached hydrogens (tertiary/aromatic N) is 3. The molecular weight excluding hydrogens is 469 g/mol. The van der Waals surface area contributed by atoms with E-state index in [4.69, 9.17) is 9.73 Å². The quantitative estimate of drug-likeness (QED) is 0.339. The van der Waals surface area contributed by atoms with E-state index >= 15 is 0 Å².